The SMILES string of the molecule is c1ccc(-c2ccc(-c3ccc4cc(-c5cccc(-c6nc(-c7ccccc7)nc(-c7cccc8c7sc7ccccc78)n6)c5)c5ccccc5c4c3)cc2)cc1. The molecule has 57 heavy (non-hydrogen) atoms. The van der Waals surface area contributed by atoms with E-state index < -0.39 is 0 Å². The quantitative estimate of drug-likeness (QED) is 0.159. The summed E-state index contributed by atoms with van der Waals surface area (Å²) >= 11 is 1.79. The van der Waals surface area contributed by atoms with Gasteiger partial charge in [-0.15, -0.1) is 11.3 Å². The van der Waals surface area contributed by atoms with Crippen LogP contribution in [0.1, 0.15) is 0 Å². The Balaban J connectivity index is 1.03. The van der Waals surface area contributed by atoms with Crippen LogP contribution in [0, 0.1) is 0 Å². The van der Waals surface area contributed by atoms with Gasteiger partial charge in [-0.2, -0.15) is 0 Å². The average Bonchev–Trinajstić information content (AvgIpc) is 3.68. The summed E-state index contributed by atoms with van der Waals surface area (Å²) in [4.78, 5) is 15.4. The molecule has 0 saturated carbocycles. The van der Waals surface area contributed by atoms with E-state index in [0.717, 1.165) is 22.3 Å². The third kappa shape index (κ3) is 5.95. The number of benzene rings is 9. The predicted molar refractivity (Wildman–Crippen MR) is 240 cm³/mol. The van der Waals surface area contributed by atoms with E-state index in [9.17, 15) is 0 Å². The summed E-state index contributed by atoms with van der Waals surface area (Å²) in [5, 5.41) is 7.33. The van der Waals surface area contributed by atoms with Crippen LogP contribution in [0.15, 0.2) is 200 Å². The maximum Gasteiger partial charge on any atom is 0.165 e. The molecule has 0 saturated heterocycles. The standard InChI is InChI=1S/C53H33N3S/c1-3-13-34(14-4-1)35-25-27-36(28-26-35)38-29-30-40-33-48(43-20-8-7-19-42(43)47(40)32-38)39-17-11-18-41(31-39)52-54-51(37-15-5-2-6-16-37)55-53(56-52)46-23-12-22-45-44-21-9-10-24-49(44)57-50(45)46/h1-33H. The molecule has 0 aliphatic heterocycles. The van der Waals surface area contributed by atoms with Crippen LogP contribution in [0.3, 0.4) is 0 Å². The lowest BCUT2D eigenvalue weighted by molar-refractivity contribution is 1.08. The zero-order valence-electron chi connectivity index (χ0n) is 30.8. The molecule has 0 amide bonds. The summed E-state index contributed by atoms with van der Waals surface area (Å²) in [6, 6.07) is 71.2. The van der Waals surface area contributed by atoms with Gasteiger partial charge in [-0.25, -0.2) is 15.0 Å². The fraction of sp³-hybridized carbons (Fsp3) is 0. The molecule has 3 nitrogen and oxygen atoms in total. The minimum Gasteiger partial charge on any atom is -0.208 e. The first kappa shape index (κ1) is 33.1. The summed E-state index contributed by atoms with van der Waals surface area (Å²) in [7, 11) is 0. The van der Waals surface area contributed by atoms with Crippen LogP contribution in [0.2, 0.25) is 0 Å². The van der Waals surface area contributed by atoms with Crippen molar-refractivity contribution in [3.8, 4) is 67.5 Å². The summed E-state index contributed by atoms with van der Waals surface area (Å²) in [6.45, 7) is 0. The first-order valence-electron chi connectivity index (χ1n) is 19.2. The minimum atomic E-state index is 0.645. The van der Waals surface area contributed by atoms with E-state index in [2.05, 4.69) is 182 Å². The van der Waals surface area contributed by atoms with Gasteiger partial charge in [0, 0.05) is 36.9 Å². The molecule has 266 valence electrons. The number of nitrogens with zero attached hydrogens (tertiary/aromatic N) is 3. The van der Waals surface area contributed by atoms with Crippen molar-refractivity contribution < 1.29 is 0 Å². The van der Waals surface area contributed by atoms with Crippen LogP contribution < -0.4 is 0 Å². The first-order chi connectivity index (χ1) is 28.2. The van der Waals surface area contributed by atoms with Gasteiger partial charge in [-0.05, 0) is 85.3 Å². The second-order valence-corrected chi connectivity index (χ2v) is 15.4. The Bertz CT molecular complexity index is 3280. The zero-order chi connectivity index (χ0) is 37.7. The largest absolute Gasteiger partial charge is 0.208 e. The molecule has 9 aromatic carbocycles. The lowest BCUT2D eigenvalue weighted by atomic mass is 9.91. The highest BCUT2D eigenvalue weighted by Crippen LogP contribution is 2.41. The van der Waals surface area contributed by atoms with Gasteiger partial charge in [0.25, 0.3) is 0 Å². The van der Waals surface area contributed by atoms with Crippen molar-refractivity contribution in [2.75, 3.05) is 0 Å². The van der Waals surface area contributed by atoms with E-state index in [0.29, 0.717) is 17.5 Å². The molecule has 0 atom stereocenters. The van der Waals surface area contributed by atoms with Crippen LogP contribution in [0.4, 0.5) is 0 Å². The summed E-state index contributed by atoms with van der Waals surface area (Å²) < 4.78 is 2.43. The number of hydrogen-bond acceptors (Lipinski definition) is 4. The van der Waals surface area contributed by atoms with Gasteiger partial charge in [-0.1, -0.05) is 170 Å². The molecule has 0 N–H and O–H groups in total. The summed E-state index contributed by atoms with van der Waals surface area (Å²) in [6.07, 6.45) is 0. The highest BCUT2D eigenvalue weighted by atomic mass is 32.1. The second-order valence-electron chi connectivity index (χ2n) is 14.4. The minimum absolute atomic E-state index is 0.645. The highest BCUT2D eigenvalue weighted by Gasteiger charge is 2.18. The molecule has 4 heteroatoms. The number of thiophene rings is 1. The Morgan fingerprint density at radius 2 is 0.825 bits per heavy atom. The Kier molecular flexibility index (Phi) is 8.01. The number of hydrogen-bond donors (Lipinski definition) is 0. The lowest BCUT2D eigenvalue weighted by Gasteiger charge is -2.14. The topological polar surface area (TPSA) is 38.7 Å². The molecular weight excluding hydrogens is 711 g/mol. The van der Waals surface area contributed by atoms with Gasteiger partial charge in [0.1, 0.15) is 0 Å². The zero-order valence-corrected chi connectivity index (χ0v) is 31.6. The van der Waals surface area contributed by atoms with E-state index in [1.54, 1.807) is 11.3 Å². The van der Waals surface area contributed by atoms with E-state index in [-0.39, 0.29) is 0 Å². The van der Waals surface area contributed by atoms with Crippen molar-refractivity contribution >= 4 is 53.1 Å². The van der Waals surface area contributed by atoms with Crippen LogP contribution in [0.25, 0.3) is 109 Å². The Labute approximate surface area is 334 Å². The average molecular weight is 744 g/mol. The lowest BCUT2D eigenvalue weighted by Crippen LogP contribution is -2.00. The second kappa shape index (κ2) is 13.8. The molecule has 0 spiro atoms. The highest BCUT2D eigenvalue weighted by molar-refractivity contribution is 7.26. The maximum absolute atomic E-state index is 5.21. The Morgan fingerprint density at radius 1 is 0.281 bits per heavy atom. The van der Waals surface area contributed by atoms with E-state index >= 15 is 0 Å². The van der Waals surface area contributed by atoms with Crippen molar-refractivity contribution in [2.45, 2.75) is 0 Å². The van der Waals surface area contributed by atoms with Gasteiger partial charge in [-0.3, -0.25) is 0 Å². The van der Waals surface area contributed by atoms with Crippen LogP contribution >= 0.6 is 11.3 Å². The monoisotopic (exact) mass is 743 g/mol. The fourth-order valence-corrected chi connectivity index (χ4v) is 9.31. The third-order valence-electron chi connectivity index (χ3n) is 10.9. The number of aromatic nitrogens is 3. The molecular formula is C53H33N3S. The molecule has 0 aliphatic carbocycles. The number of fused-ring (bicyclic) bond motifs is 6. The van der Waals surface area contributed by atoms with Gasteiger partial charge >= 0.3 is 0 Å². The van der Waals surface area contributed by atoms with Gasteiger partial charge in [0.2, 0.25) is 0 Å². The van der Waals surface area contributed by atoms with Crippen molar-refractivity contribution in [3.05, 3.63) is 200 Å². The Morgan fingerprint density at radius 3 is 1.61 bits per heavy atom. The molecule has 2 heterocycles. The predicted octanol–water partition coefficient (Wildman–Crippen LogP) is 14.5. The molecule has 0 bridgehead atoms. The maximum atomic E-state index is 5.21. The van der Waals surface area contributed by atoms with Crippen LogP contribution in [-0.4, -0.2) is 15.0 Å². The molecule has 11 rings (SSSR count). The van der Waals surface area contributed by atoms with Gasteiger partial charge < -0.3 is 0 Å². The summed E-state index contributed by atoms with van der Waals surface area (Å²) in [5.41, 5.74) is 10.0. The molecule has 2 aromatic heterocycles. The van der Waals surface area contributed by atoms with Crippen molar-refractivity contribution in [3.63, 3.8) is 0 Å². The van der Waals surface area contributed by atoms with E-state index in [1.165, 1.54) is 69.5 Å². The van der Waals surface area contributed by atoms with E-state index in [1.807, 2.05) is 18.2 Å². The molecule has 0 unspecified atom stereocenters. The fourth-order valence-electron chi connectivity index (χ4n) is 8.10. The first-order valence-corrected chi connectivity index (χ1v) is 20.0. The van der Waals surface area contributed by atoms with Gasteiger partial charge in [0.15, 0.2) is 17.5 Å². The normalized spacial score (nSPS) is 11.5. The van der Waals surface area contributed by atoms with Crippen molar-refractivity contribution in [1.29, 1.82) is 0 Å². The molecule has 0 aliphatic rings. The summed E-state index contributed by atoms with van der Waals surface area (Å²) in [5.74, 6) is 1.97. The van der Waals surface area contributed by atoms with Crippen LogP contribution in [-0.2, 0) is 0 Å². The third-order valence-corrected chi connectivity index (χ3v) is 12.2. The Hall–Kier alpha value is -7.27. The van der Waals surface area contributed by atoms with Crippen molar-refractivity contribution in [1.82, 2.24) is 15.0 Å². The van der Waals surface area contributed by atoms with E-state index in [4.69, 9.17) is 15.0 Å². The molecule has 0 fully saturated rings. The number of rotatable bonds is 6. The van der Waals surface area contributed by atoms with Crippen LogP contribution in [0.5, 0.6) is 0 Å². The van der Waals surface area contributed by atoms with Gasteiger partial charge in [0.05, 0.1) is 0 Å². The smallest absolute Gasteiger partial charge is 0.165 e. The molecule has 11 aromatic rings. The van der Waals surface area contributed by atoms with Crippen molar-refractivity contribution in [2.24, 2.45) is 0 Å². The molecule has 0 radical (unpaired) electrons.